The molecule has 1 atom stereocenters. The maximum absolute atomic E-state index is 9.63. The first-order chi connectivity index (χ1) is 10.7. The molecule has 1 saturated heterocycles. The van der Waals surface area contributed by atoms with E-state index in [-0.39, 0.29) is 6.04 Å². The van der Waals surface area contributed by atoms with Gasteiger partial charge < -0.3 is 4.57 Å². The Morgan fingerprint density at radius 2 is 1.86 bits per heavy atom. The third-order valence-electron chi connectivity index (χ3n) is 4.22. The highest BCUT2D eigenvalue weighted by Crippen LogP contribution is 2.32. The number of nitriles is 1. The summed E-state index contributed by atoms with van der Waals surface area (Å²) < 4.78 is 1.86. The highest BCUT2D eigenvalue weighted by Gasteiger charge is 2.28. The Kier molecular flexibility index (Phi) is 4.47. The van der Waals surface area contributed by atoms with Gasteiger partial charge in [0, 0.05) is 12.6 Å². The van der Waals surface area contributed by atoms with Crippen LogP contribution in [0.15, 0.2) is 30.3 Å². The first-order valence-corrected chi connectivity index (χ1v) is 8.01. The predicted octanol–water partition coefficient (Wildman–Crippen LogP) is 3.79. The van der Waals surface area contributed by atoms with Gasteiger partial charge in [-0.15, -0.1) is 0 Å². The zero-order valence-corrected chi connectivity index (χ0v) is 13.4. The molecule has 0 N–H and O–H groups in total. The summed E-state index contributed by atoms with van der Waals surface area (Å²) in [4.78, 5) is 6.88. The zero-order chi connectivity index (χ0) is 15.5. The molecule has 2 heterocycles. The smallest absolute Gasteiger partial charge is 0.144 e. The van der Waals surface area contributed by atoms with E-state index in [0.29, 0.717) is 10.8 Å². The van der Waals surface area contributed by atoms with E-state index in [2.05, 4.69) is 11.0 Å². The summed E-state index contributed by atoms with van der Waals surface area (Å²) in [6, 6.07) is 12.0. The van der Waals surface area contributed by atoms with Gasteiger partial charge in [-0.05, 0) is 25.9 Å². The van der Waals surface area contributed by atoms with Crippen molar-refractivity contribution in [2.24, 2.45) is 7.05 Å². The Balaban J connectivity index is 1.99. The number of halogens is 1. The van der Waals surface area contributed by atoms with E-state index in [0.717, 1.165) is 37.3 Å². The zero-order valence-electron chi connectivity index (χ0n) is 12.7. The van der Waals surface area contributed by atoms with Crippen molar-refractivity contribution in [1.82, 2.24) is 14.5 Å². The van der Waals surface area contributed by atoms with Gasteiger partial charge in [0.1, 0.15) is 22.7 Å². The molecule has 1 unspecified atom stereocenters. The number of benzene rings is 1. The van der Waals surface area contributed by atoms with Gasteiger partial charge in [0.15, 0.2) is 0 Å². The van der Waals surface area contributed by atoms with Crippen LogP contribution in [0.25, 0.3) is 11.4 Å². The Morgan fingerprint density at radius 3 is 2.50 bits per heavy atom. The highest BCUT2D eigenvalue weighted by molar-refractivity contribution is 6.30. The highest BCUT2D eigenvalue weighted by atomic mass is 35.5. The van der Waals surface area contributed by atoms with E-state index >= 15 is 0 Å². The molecule has 1 aliphatic rings. The first kappa shape index (κ1) is 15.1. The minimum Gasteiger partial charge on any atom is -0.318 e. The summed E-state index contributed by atoms with van der Waals surface area (Å²) >= 11 is 6.48. The van der Waals surface area contributed by atoms with Gasteiger partial charge in [0.25, 0.3) is 0 Å². The van der Waals surface area contributed by atoms with Gasteiger partial charge in [-0.1, -0.05) is 48.4 Å². The van der Waals surface area contributed by atoms with Crippen LogP contribution in [0.2, 0.25) is 5.15 Å². The number of likely N-dealkylation sites (tertiary alicyclic amines) is 1. The molecular formula is C17H19ClN4. The van der Waals surface area contributed by atoms with Gasteiger partial charge in [0.2, 0.25) is 0 Å². The van der Waals surface area contributed by atoms with Crippen LogP contribution in [0.3, 0.4) is 0 Å². The second-order valence-corrected chi connectivity index (χ2v) is 6.02. The molecule has 1 aromatic heterocycles. The van der Waals surface area contributed by atoms with Crippen LogP contribution in [-0.2, 0) is 7.05 Å². The fourth-order valence-electron chi connectivity index (χ4n) is 3.01. The van der Waals surface area contributed by atoms with Crippen molar-refractivity contribution in [2.75, 3.05) is 13.1 Å². The second-order valence-electron chi connectivity index (χ2n) is 5.66. The molecule has 0 aliphatic carbocycles. The molecule has 1 aliphatic heterocycles. The van der Waals surface area contributed by atoms with Crippen LogP contribution < -0.4 is 0 Å². The lowest BCUT2D eigenvalue weighted by atomic mass is 10.1. The third kappa shape index (κ3) is 2.75. The molecule has 22 heavy (non-hydrogen) atoms. The molecule has 0 amide bonds. The summed E-state index contributed by atoms with van der Waals surface area (Å²) in [5.74, 6) is 0.804. The molecule has 0 saturated carbocycles. The average Bonchev–Trinajstić information content (AvgIpc) is 2.86. The maximum atomic E-state index is 9.63. The van der Waals surface area contributed by atoms with Crippen molar-refractivity contribution in [3.8, 4) is 17.5 Å². The number of hydrogen-bond acceptors (Lipinski definition) is 3. The summed E-state index contributed by atoms with van der Waals surface area (Å²) in [5.41, 5.74) is 1.68. The molecule has 114 valence electrons. The Hall–Kier alpha value is -1.83. The van der Waals surface area contributed by atoms with Crippen LogP contribution in [0, 0.1) is 11.3 Å². The van der Waals surface area contributed by atoms with E-state index in [1.165, 1.54) is 6.42 Å². The first-order valence-electron chi connectivity index (χ1n) is 7.63. The summed E-state index contributed by atoms with van der Waals surface area (Å²) in [6.07, 6.45) is 3.50. The van der Waals surface area contributed by atoms with Crippen molar-refractivity contribution < 1.29 is 0 Å². The fourth-order valence-corrected chi connectivity index (χ4v) is 3.24. The monoisotopic (exact) mass is 314 g/mol. The lowest BCUT2D eigenvalue weighted by Gasteiger charge is -2.29. The molecule has 0 bridgehead atoms. The van der Waals surface area contributed by atoms with E-state index in [4.69, 9.17) is 16.6 Å². The Bertz CT molecular complexity index is 681. The van der Waals surface area contributed by atoms with Crippen molar-refractivity contribution in [3.05, 3.63) is 41.2 Å². The second kappa shape index (κ2) is 6.51. The van der Waals surface area contributed by atoms with E-state index < -0.39 is 0 Å². The molecule has 0 radical (unpaired) electrons. The van der Waals surface area contributed by atoms with Gasteiger partial charge in [-0.3, -0.25) is 4.90 Å². The van der Waals surface area contributed by atoms with E-state index in [9.17, 15) is 5.26 Å². The van der Waals surface area contributed by atoms with Crippen LogP contribution in [0.5, 0.6) is 0 Å². The van der Waals surface area contributed by atoms with Crippen molar-refractivity contribution >= 4 is 11.6 Å². The molecule has 4 nitrogen and oxygen atoms in total. The number of aromatic nitrogens is 2. The SMILES string of the molecule is Cn1c(-c2ccccc2)nc(C(C#N)N2CCCCC2)c1Cl. The predicted molar refractivity (Wildman–Crippen MR) is 87.4 cm³/mol. The largest absolute Gasteiger partial charge is 0.318 e. The summed E-state index contributed by atoms with van der Waals surface area (Å²) in [5, 5.41) is 10.2. The summed E-state index contributed by atoms with van der Waals surface area (Å²) in [6.45, 7) is 1.87. The quantitative estimate of drug-likeness (QED) is 0.865. The minimum absolute atomic E-state index is 0.364. The van der Waals surface area contributed by atoms with Gasteiger partial charge in [0.05, 0.1) is 6.07 Å². The van der Waals surface area contributed by atoms with Gasteiger partial charge in [-0.25, -0.2) is 4.98 Å². The fraction of sp³-hybridized carbons (Fsp3) is 0.412. The number of hydrogen-bond donors (Lipinski definition) is 0. The molecule has 3 rings (SSSR count). The van der Waals surface area contributed by atoms with Crippen molar-refractivity contribution in [2.45, 2.75) is 25.3 Å². The molecule has 1 fully saturated rings. The van der Waals surface area contributed by atoms with E-state index in [1.54, 1.807) is 0 Å². The minimum atomic E-state index is -0.364. The lowest BCUT2D eigenvalue weighted by Crippen LogP contribution is -2.33. The number of rotatable bonds is 3. The van der Waals surface area contributed by atoms with Crippen LogP contribution >= 0.6 is 11.6 Å². The van der Waals surface area contributed by atoms with E-state index in [1.807, 2.05) is 41.9 Å². The number of piperidine rings is 1. The van der Waals surface area contributed by atoms with Crippen LogP contribution in [-0.4, -0.2) is 27.5 Å². The van der Waals surface area contributed by atoms with Gasteiger partial charge >= 0.3 is 0 Å². The molecular weight excluding hydrogens is 296 g/mol. The molecule has 1 aromatic carbocycles. The topological polar surface area (TPSA) is 44.9 Å². The Morgan fingerprint density at radius 1 is 1.18 bits per heavy atom. The normalized spacial score (nSPS) is 17.1. The third-order valence-corrected chi connectivity index (χ3v) is 4.67. The summed E-state index contributed by atoms with van der Waals surface area (Å²) in [7, 11) is 1.89. The lowest BCUT2D eigenvalue weighted by molar-refractivity contribution is 0.194. The molecule has 2 aromatic rings. The number of nitrogens with zero attached hydrogens (tertiary/aromatic N) is 4. The number of imidazole rings is 1. The molecule has 0 spiro atoms. The van der Waals surface area contributed by atoms with Gasteiger partial charge in [-0.2, -0.15) is 5.26 Å². The van der Waals surface area contributed by atoms with Crippen LogP contribution in [0.1, 0.15) is 31.0 Å². The standard InChI is InChI=1S/C17H19ClN4/c1-21-16(18)15(14(12-19)22-10-6-3-7-11-22)20-17(21)13-8-4-2-5-9-13/h2,4-5,8-9,14H,3,6-7,10-11H2,1H3. The average molecular weight is 315 g/mol. The van der Waals surface area contributed by atoms with Crippen molar-refractivity contribution in [3.63, 3.8) is 0 Å². The Labute approximate surface area is 135 Å². The van der Waals surface area contributed by atoms with Crippen molar-refractivity contribution in [1.29, 1.82) is 5.26 Å². The molecule has 5 heteroatoms. The van der Waals surface area contributed by atoms with Crippen LogP contribution in [0.4, 0.5) is 0 Å². The maximum Gasteiger partial charge on any atom is 0.144 e.